The van der Waals surface area contributed by atoms with E-state index in [1.54, 1.807) is 5.57 Å². The van der Waals surface area contributed by atoms with Crippen LogP contribution in [0.4, 0.5) is 0 Å². The van der Waals surface area contributed by atoms with Crippen molar-refractivity contribution in [1.82, 2.24) is 0 Å². The third-order valence-corrected chi connectivity index (χ3v) is 10.9. The van der Waals surface area contributed by atoms with Crippen molar-refractivity contribution in [3.05, 3.63) is 23.3 Å². The predicted molar refractivity (Wildman–Crippen MR) is 130 cm³/mol. The standard InChI is InChI=1S/C29H48O2/c1-7-20(18(2)3)9-8-19(4)23-10-11-24-27-25(13-15-29(23,24)6)28(5)14-12-22(30)16-21(28)17-26(27)31/h7,17-19,22-27,30-31H,8-16H2,1-6H3/b20-7-/t19-,22+,23-,24+,25+,26-,27+,28+,29-/m1/s1. The van der Waals surface area contributed by atoms with Crippen molar-refractivity contribution >= 4 is 0 Å². The van der Waals surface area contributed by atoms with Crippen molar-refractivity contribution in [3.63, 3.8) is 0 Å². The lowest BCUT2D eigenvalue weighted by Crippen LogP contribution is -2.54. The van der Waals surface area contributed by atoms with Crippen LogP contribution in [0.25, 0.3) is 0 Å². The van der Waals surface area contributed by atoms with E-state index in [2.05, 4.69) is 53.7 Å². The van der Waals surface area contributed by atoms with Crippen LogP contribution in [0.1, 0.15) is 99.3 Å². The summed E-state index contributed by atoms with van der Waals surface area (Å²) in [6.45, 7) is 14.4. The molecule has 9 atom stereocenters. The number of hydrogen-bond acceptors (Lipinski definition) is 2. The molecule has 3 fully saturated rings. The van der Waals surface area contributed by atoms with Gasteiger partial charge in [-0.2, -0.15) is 0 Å². The van der Waals surface area contributed by atoms with Gasteiger partial charge in [0.1, 0.15) is 0 Å². The first-order valence-electron chi connectivity index (χ1n) is 13.3. The van der Waals surface area contributed by atoms with E-state index in [1.165, 1.54) is 44.1 Å². The van der Waals surface area contributed by atoms with E-state index in [4.69, 9.17) is 0 Å². The summed E-state index contributed by atoms with van der Waals surface area (Å²) >= 11 is 0. The van der Waals surface area contributed by atoms with Crippen molar-refractivity contribution in [3.8, 4) is 0 Å². The first-order valence-corrected chi connectivity index (χ1v) is 13.3. The predicted octanol–water partition coefficient (Wildman–Crippen LogP) is 6.92. The van der Waals surface area contributed by atoms with E-state index in [1.807, 2.05) is 0 Å². The minimum atomic E-state index is -0.312. The van der Waals surface area contributed by atoms with Crippen LogP contribution in [0.3, 0.4) is 0 Å². The maximum absolute atomic E-state index is 11.3. The molecule has 0 amide bonds. The van der Waals surface area contributed by atoms with Crippen LogP contribution in [-0.4, -0.2) is 22.4 Å². The lowest BCUT2D eigenvalue weighted by molar-refractivity contribution is -0.0970. The van der Waals surface area contributed by atoms with Gasteiger partial charge in [-0.25, -0.2) is 0 Å². The van der Waals surface area contributed by atoms with Crippen LogP contribution in [0, 0.1) is 46.3 Å². The number of fused-ring (bicyclic) bond motifs is 5. The summed E-state index contributed by atoms with van der Waals surface area (Å²) in [4.78, 5) is 0. The second kappa shape index (κ2) is 8.64. The second-order valence-electron chi connectivity index (χ2n) is 12.5. The Hall–Kier alpha value is -0.600. The fourth-order valence-electron chi connectivity index (χ4n) is 8.97. The highest BCUT2D eigenvalue weighted by molar-refractivity contribution is 5.28. The van der Waals surface area contributed by atoms with Gasteiger partial charge in [-0.1, -0.05) is 57.9 Å². The number of aliphatic hydroxyl groups is 2. The summed E-state index contributed by atoms with van der Waals surface area (Å²) < 4.78 is 0. The summed E-state index contributed by atoms with van der Waals surface area (Å²) in [5.74, 6) is 3.88. The van der Waals surface area contributed by atoms with E-state index in [9.17, 15) is 10.2 Å². The van der Waals surface area contributed by atoms with Crippen LogP contribution in [0.15, 0.2) is 23.3 Å². The zero-order chi connectivity index (χ0) is 22.6. The normalized spacial score (nSPS) is 46.2. The highest BCUT2D eigenvalue weighted by Crippen LogP contribution is 2.67. The molecule has 0 spiro atoms. The van der Waals surface area contributed by atoms with Crippen molar-refractivity contribution in [2.24, 2.45) is 46.3 Å². The maximum atomic E-state index is 11.3. The molecule has 0 heterocycles. The number of rotatable bonds is 5. The highest BCUT2D eigenvalue weighted by atomic mass is 16.3. The van der Waals surface area contributed by atoms with Gasteiger partial charge in [0.15, 0.2) is 0 Å². The van der Waals surface area contributed by atoms with Gasteiger partial charge in [0, 0.05) is 0 Å². The number of allylic oxidation sites excluding steroid dienone is 2. The maximum Gasteiger partial charge on any atom is 0.0757 e. The molecule has 4 aliphatic rings. The summed E-state index contributed by atoms with van der Waals surface area (Å²) in [5.41, 5.74) is 3.56. The van der Waals surface area contributed by atoms with Crippen LogP contribution >= 0.6 is 0 Å². The van der Waals surface area contributed by atoms with E-state index in [-0.39, 0.29) is 17.6 Å². The molecule has 31 heavy (non-hydrogen) atoms. The molecule has 0 aromatic rings. The highest BCUT2D eigenvalue weighted by Gasteiger charge is 2.61. The fourth-order valence-corrected chi connectivity index (χ4v) is 8.97. The minimum absolute atomic E-state index is 0.201. The van der Waals surface area contributed by atoms with Gasteiger partial charge >= 0.3 is 0 Å². The molecular weight excluding hydrogens is 380 g/mol. The molecule has 0 aromatic heterocycles. The molecule has 2 heteroatoms. The molecule has 0 saturated heterocycles. The lowest BCUT2D eigenvalue weighted by Gasteiger charge is -2.59. The molecule has 0 aliphatic heterocycles. The third kappa shape index (κ3) is 3.88. The van der Waals surface area contributed by atoms with E-state index in [0.717, 1.165) is 31.1 Å². The monoisotopic (exact) mass is 428 g/mol. The summed E-state index contributed by atoms with van der Waals surface area (Å²) in [6, 6.07) is 0. The molecule has 0 aromatic carbocycles. The van der Waals surface area contributed by atoms with Gasteiger partial charge in [-0.15, -0.1) is 0 Å². The SMILES string of the molecule is C/C=C(/CC[C@@H](C)[C@H]1CC[C@H]2[C@@H]3[C@H](O)C=C4C[C@@H](O)CC[C@]4(C)[C@H]3CC[C@]12C)C(C)C. The molecule has 3 saturated carbocycles. The Morgan fingerprint density at radius 3 is 2.48 bits per heavy atom. The Kier molecular flexibility index (Phi) is 6.56. The van der Waals surface area contributed by atoms with E-state index < -0.39 is 0 Å². The molecule has 0 radical (unpaired) electrons. The first-order chi connectivity index (χ1) is 14.6. The van der Waals surface area contributed by atoms with Crippen molar-refractivity contribution in [1.29, 1.82) is 0 Å². The largest absolute Gasteiger partial charge is 0.393 e. The van der Waals surface area contributed by atoms with Gasteiger partial charge in [-0.3, -0.25) is 0 Å². The van der Waals surface area contributed by atoms with Gasteiger partial charge in [-0.05, 0) is 111 Å². The first kappa shape index (κ1) is 23.6. The number of hydrogen-bond donors (Lipinski definition) is 2. The van der Waals surface area contributed by atoms with Crippen LogP contribution in [0.2, 0.25) is 0 Å². The zero-order valence-electron chi connectivity index (χ0n) is 21.0. The summed E-state index contributed by atoms with van der Waals surface area (Å²) in [7, 11) is 0. The molecule has 0 unspecified atom stereocenters. The molecular formula is C29H48O2. The van der Waals surface area contributed by atoms with Crippen molar-refractivity contribution < 1.29 is 10.2 Å². The van der Waals surface area contributed by atoms with Gasteiger partial charge in [0.05, 0.1) is 12.2 Å². The van der Waals surface area contributed by atoms with Crippen molar-refractivity contribution in [2.45, 2.75) is 112 Å². The average Bonchev–Trinajstić information content (AvgIpc) is 3.06. The average molecular weight is 429 g/mol. The van der Waals surface area contributed by atoms with Crippen molar-refractivity contribution in [2.75, 3.05) is 0 Å². The molecule has 4 rings (SSSR count). The quantitative estimate of drug-likeness (QED) is 0.467. The van der Waals surface area contributed by atoms with Gasteiger partial charge < -0.3 is 10.2 Å². The Labute approximate surface area is 191 Å². The van der Waals surface area contributed by atoms with E-state index in [0.29, 0.717) is 29.1 Å². The molecule has 2 N–H and O–H groups in total. The van der Waals surface area contributed by atoms with Gasteiger partial charge in [0.2, 0.25) is 0 Å². The Balaban J connectivity index is 1.53. The molecule has 4 aliphatic carbocycles. The Morgan fingerprint density at radius 1 is 1.06 bits per heavy atom. The van der Waals surface area contributed by atoms with Crippen LogP contribution in [0.5, 0.6) is 0 Å². The second-order valence-corrected chi connectivity index (χ2v) is 12.5. The zero-order valence-corrected chi connectivity index (χ0v) is 21.0. The number of aliphatic hydroxyl groups excluding tert-OH is 2. The topological polar surface area (TPSA) is 40.5 Å². The molecule has 0 bridgehead atoms. The summed E-state index contributed by atoms with van der Waals surface area (Å²) in [6.07, 6.45) is 14.6. The minimum Gasteiger partial charge on any atom is -0.393 e. The Morgan fingerprint density at radius 2 is 1.81 bits per heavy atom. The van der Waals surface area contributed by atoms with Crippen LogP contribution in [-0.2, 0) is 0 Å². The van der Waals surface area contributed by atoms with E-state index >= 15 is 0 Å². The smallest absolute Gasteiger partial charge is 0.0757 e. The fraction of sp³-hybridized carbons (Fsp3) is 0.862. The Bertz CT molecular complexity index is 720. The molecule has 2 nitrogen and oxygen atoms in total. The molecule has 176 valence electrons. The van der Waals surface area contributed by atoms with Gasteiger partial charge in [0.25, 0.3) is 0 Å². The summed E-state index contributed by atoms with van der Waals surface area (Å²) in [5, 5.41) is 21.6. The third-order valence-electron chi connectivity index (χ3n) is 10.9. The lowest BCUT2D eigenvalue weighted by atomic mass is 9.46. The van der Waals surface area contributed by atoms with Crippen LogP contribution < -0.4 is 0 Å².